The van der Waals surface area contributed by atoms with Gasteiger partial charge in [0.15, 0.2) is 0 Å². The molecule has 1 unspecified atom stereocenters. The zero-order valence-electron chi connectivity index (χ0n) is 12.4. The highest BCUT2D eigenvalue weighted by molar-refractivity contribution is 5.78. The van der Waals surface area contributed by atoms with Gasteiger partial charge in [-0.15, -0.1) is 0 Å². The molecule has 0 aliphatic carbocycles. The molecule has 0 saturated carbocycles. The normalized spacial score (nSPS) is 12.5. The van der Waals surface area contributed by atoms with E-state index in [1.165, 1.54) is 16.7 Å². The number of fused-ring (bicyclic) bond motifs is 1. The third-order valence-corrected chi connectivity index (χ3v) is 3.62. The van der Waals surface area contributed by atoms with Gasteiger partial charge in [0.25, 0.3) is 0 Å². The Kier molecular flexibility index (Phi) is 3.93. The average Bonchev–Trinajstić information content (AvgIpc) is 2.52. The molecule has 0 amide bonds. The van der Waals surface area contributed by atoms with E-state index in [0.29, 0.717) is 0 Å². The first-order valence-electron chi connectivity index (χ1n) is 7.29. The topological polar surface area (TPSA) is 37.8 Å². The Labute approximate surface area is 125 Å². The van der Waals surface area contributed by atoms with Gasteiger partial charge in [-0.1, -0.05) is 48.9 Å². The highest BCUT2D eigenvalue weighted by atomic mass is 14.9. The van der Waals surface area contributed by atoms with Crippen LogP contribution >= 0.6 is 0 Å². The second-order valence-electron chi connectivity index (χ2n) is 5.18. The molecule has 0 saturated heterocycles. The van der Waals surface area contributed by atoms with Gasteiger partial charge >= 0.3 is 0 Å². The molecule has 1 heterocycles. The molecule has 0 bridgehead atoms. The molecular weight excluding hydrogens is 258 g/mol. The Balaban J connectivity index is 2.16. The van der Waals surface area contributed by atoms with Crippen molar-refractivity contribution in [1.82, 2.24) is 15.3 Å². The second-order valence-corrected chi connectivity index (χ2v) is 5.18. The average molecular weight is 277 g/mol. The molecule has 0 fully saturated rings. The van der Waals surface area contributed by atoms with Crippen LogP contribution in [0.15, 0.2) is 54.9 Å². The van der Waals surface area contributed by atoms with Crippen LogP contribution < -0.4 is 5.32 Å². The van der Waals surface area contributed by atoms with Crippen molar-refractivity contribution in [1.29, 1.82) is 0 Å². The summed E-state index contributed by atoms with van der Waals surface area (Å²) in [6.45, 7) is 5.14. The van der Waals surface area contributed by atoms with Gasteiger partial charge in [-0.25, -0.2) is 0 Å². The lowest BCUT2D eigenvalue weighted by atomic mass is 9.96. The van der Waals surface area contributed by atoms with Gasteiger partial charge in [-0.3, -0.25) is 9.97 Å². The molecule has 3 nitrogen and oxygen atoms in total. The van der Waals surface area contributed by atoms with E-state index in [9.17, 15) is 0 Å². The van der Waals surface area contributed by atoms with Crippen molar-refractivity contribution < 1.29 is 0 Å². The van der Waals surface area contributed by atoms with Crippen molar-refractivity contribution >= 4 is 11.0 Å². The number of benzene rings is 2. The largest absolute Gasteiger partial charge is 0.306 e. The van der Waals surface area contributed by atoms with E-state index in [2.05, 4.69) is 59.5 Å². The number of hydrogen-bond acceptors (Lipinski definition) is 3. The summed E-state index contributed by atoms with van der Waals surface area (Å²) in [6, 6.07) is 14.9. The summed E-state index contributed by atoms with van der Waals surface area (Å²) in [7, 11) is 0. The summed E-state index contributed by atoms with van der Waals surface area (Å²) < 4.78 is 0. The quantitative estimate of drug-likeness (QED) is 0.791. The van der Waals surface area contributed by atoms with Crippen LogP contribution in [0, 0.1) is 6.92 Å². The van der Waals surface area contributed by atoms with E-state index in [0.717, 1.165) is 17.6 Å². The number of para-hydroxylation sites is 1. The predicted molar refractivity (Wildman–Crippen MR) is 86.2 cm³/mol. The molecule has 3 aromatic rings. The van der Waals surface area contributed by atoms with Crippen molar-refractivity contribution in [3.8, 4) is 0 Å². The fourth-order valence-corrected chi connectivity index (χ4v) is 2.71. The molecule has 0 aliphatic rings. The fraction of sp³-hybridized carbons (Fsp3) is 0.222. The molecule has 3 rings (SSSR count). The minimum atomic E-state index is 0.135. The molecule has 0 spiro atoms. The van der Waals surface area contributed by atoms with Crippen molar-refractivity contribution in [2.24, 2.45) is 0 Å². The Hall–Kier alpha value is -2.26. The van der Waals surface area contributed by atoms with E-state index in [-0.39, 0.29) is 6.04 Å². The molecule has 1 N–H and O–H groups in total. The second kappa shape index (κ2) is 6.02. The van der Waals surface area contributed by atoms with Crippen molar-refractivity contribution in [2.45, 2.75) is 19.9 Å². The molecular formula is C18H19N3. The molecule has 21 heavy (non-hydrogen) atoms. The first kappa shape index (κ1) is 13.7. The lowest BCUT2D eigenvalue weighted by Crippen LogP contribution is -2.22. The van der Waals surface area contributed by atoms with Gasteiger partial charge < -0.3 is 5.32 Å². The maximum absolute atomic E-state index is 4.53. The minimum absolute atomic E-state index is 0.135. The Morgan fingerprint density at radius 2 is 1.86 bits per heavy atom. The van der Waals surface area contributed by atoms with Crippen molar-refractivity contribution in [3.63, 3.8) is 0 Å². The zero-order valence-corrected chi connectivity index (χ0v) is 12.4. The van der Waals surface area contributed by atoms with Crippen LogP contribution in [-0.2, 0) is 0 Å². The summed E-state index contributed by atoms with van der Waals surface area (Å²) >= 11 is 0. The van der Waals surface area contributed by atoms with Gasteiger partial charge in [0.2, 0.25) is 0 Å². The first-order valence-corrected chi connectivity index (χ1v) is 7.29. The summed E-state index contributed by atoms with van der Waals surface area (Å²) in [4.78, 5) is 8.94. The van der Waals surface area contributed by atoms with Crippen LogP contribution in [0.3, 0.4) is 0 Å². The van der Waals surface area contributed by atoms with Crippen LogP contribution in [0.4, 0.5) is 0 Å². The van der Waals surface area contributed by atoms with Gasteiger partial charge in [0.1, 0.15) is 0 Å². The lowest BCUT2D eigenvalue weighted by Gasteiger charge is -2.20. The van der Waals surface area contributed by atoms with Crippen LogP contribution in [0.25, 0.3) is 11.0 Å². The SMILES string of the molecule is CCNC(c1cccc(C)c1)c1cccc2nccnc12. The summed E-state index contributed by atoms with van der Waals surface area (Å²) in [5.74, 6) is 0. The van der Waals surface area contributed by atoms with E-state index in [1.54, 1.807) is 12.4 Å². The van der Waals surface area contributed by atoms with Gasteiger partial charge in [0, 0.05) is 18.0 Å². The van der Waals surface area contributed by atoms with Gasteiger partial charge in [0.05, 0.1) is 17.1 Å². The van der Waals surface area contributed by atoms with Crippen molar-refractivity contribution in [3.05, 3.63) is 71.5 Å². The van der Waals surface area contributed by atoms with Crippen molar-refractivity contribution in [2.75, 3.05) is 6.54 Å². The number of nitrogens with one attached hydrogen (secondary N) is 1. The highest BCUT2D eigenvalue weighted by Crippen LogP contribution is 2.27. The van der Waals surface area contributed by atoms with Gasteiger partial charge in [-0.05, 0) is 25.1 Å². The minimum Gasteiger partial charge on any atom is -0.306 e. The van der Waals surface area contributed by atoms with E-state index < -0.39 is 0 Å². The van der Waals surface area contributed by atoms with E-state index >= 15 is 0 Å². The fourth-order valence-electron chi connectivity index (χ4n) is 2.71. The molecule has 1 atom stereocenters. The Morgan fingerprint density at radius 1 is 1.05 bits per heavy atom. The maximum Gasteiger partial charge on any atom is 0.0937 e. The predicted octanol–water partition coefficient (Wildman–Crippen LogP) is 3.64. The maximum atomic E-state index is 4.53. The van der Waals surface area contributed by atoms with Crippen LogP contribution in [0.2, 0.25) is 0 Å². The highest BCUT2D eigenvalue weighted by Gasteiger charge is 2.16. The summed E-state index contributed by atoms with van der Waals surface area (Å²) in [6.07, 6.45) is 3.49. The number of aromatic nitrogens is 2. The lowest BCUT2D eigenvalue weighted by molar-refractivity contribution is 0.633. The molecule has 106 valence electrons. The molecule has 0 aliphatic heterocycles. The van der Waals surface area contributed by atoms with Crippen LogP contribution in [0.1, 0.15) is 29.7 Å². The number of nitrogens with zero attached hydrogens (tertiary/aromatic N) is 2. The monoisotopic (exact) mass is 277 g/mol. The van der Waals surface area contributed by atoms with Crippen LogP contribution in [-0.4, -0.2) is 16.5 Å². The van der Waals surface area contributed by atoms with E-state index in [4.69, 9.17) is 0 Å². The number of rotatable bonds is 4. The molecule has 3 heteroatoms. The third-order valence-electron chi connectivity index (χ3n) is 3.62. The summed E-state index contributed by atoms with van der Waals surface area (Å²) in [5, 5.41) is 3.57. The Bertz CT molecular complexity index is 747. The Morgan fingerprint density at radius 3 is 2.67 bits per heavy atom. The van der Waals surface area contributed by atoms with Gasteiger partial charge in [-0.2, -0.15) is 0 Å². The standard InChI is InChI=1S/C18H19N3/c1-3-19-17(14-7-4-6-13(2)12-14)15-8-5-9-16-18(15)21-11-10-20-16/h4-12,17,19H,3H2,1-2H3. The molecule has 2 aromatic carbocycles. The molecule has 0 radical (unpaired) electrons. The summed E-state index contributed by atoms with van der Waals surface area (Å²) in [5.41, 5.74) is 5.60. The van der Waals surface area contributed by atoms with E-state index in [1.807, 2.05) is 12.1 Å². The molecule has 1 aromatic heterocycles. The zero-order chi connectivity index (χ0) is 14.7. The first-order chi connectivity index (χ1) is 10.3. The van der Waals surface area contributed by atoms with Crippen LogP contribution in [0.5, 0.6) is 0 Å². The number of hydrogen-bond donors (Lipinski definition) is 1. The third kappa shape index (κ3) is 2.78. The number of aryl methyl sites for hydroxylation is 1. The smallest absolute Gasteiger partial charge is 0.0937 e.